The Morgan fingerprint density at radius 1 is 1.80 bits per heavy atom. The summed E-state index contributed by atoms with van der Waals surface area (Å²) in [6.07, 6.45) is -1.20. The molecule has 0 radical (unpaired) electrons. The first kappa shape index (κ1) is 9.36. The number of halogens is 1. The fourth-order valence-electron chi connectivity index (χ4n) is 0.434. The van der Waals surface area contributed by atoms with E-state index >= 15 is 0 Å². The number of carbonyl (C=O) groups is 1. The third kappa shape index (κ3) is 5.50. The highest BCUT2D eigenvalue weighted by Crippen LogP contribution is 1.93. The largest absolute Gasteiger partial charge is 0.466 e. The van der Waals surface area contributed by atoms with Crippen LogP contribution in [0.3, 0.4) is 0 Å². The molecular weight excluding hydrogens is 137 g/mol. The number of ether oxygens (including phenoxy) is 1. The molecule has 4 heteroatoms. The van der Waals surface area contributed by atoms with Crippen molar-refractivity contribution < 1.29 is 13.9 Å². The van der Waals surface area contributed by atoms with Gasteiger partial charge in [-0.3, -0.25) is 4.79 Å². The van der Waals surface area contributed by atoms with E-state index in [0.29, 0.717) is 6.61 Å². The topological polar surface area (TPSA) is 52.3 Å². The van der Waals surface area contributed by atoms with Gasteiger partial charge in [-0.1, -0.05) is 6.92 Å². The first-order valence-corrected chi connectivity index (χ1v) is 3.22. The predicted octanol–water partition coefficient (Wildman–Crippen LogP) is 0.584. The highest BCUT2D eigenvalue weighted by atomic mass is 19.1. The van der Waals surface area contributed by atoms with Crippen LogP contribution in [0.2, 0.25) is 0 Å². The zero-order valence-electron chi connectivity index (χ0n) is 5.97. The van der Waals surface area contributed by atoms with Crippen LogP contribution in [-0.4, -0.2) is 18.9 Å². The average Bonchev–Trinajstić information content (AvgIpc) is 1.82. The molecule has 0 heterocycles. The van der Waals surface area contributed by atoms with Crippen LogP contribution in [0.5, 0.6) is 0 Å². The molecule has 1 atom stereocenters. The van der Waals surface area contributed by atoms with Gasteiger partial charge in [0.05, 0.1) is 13.0 Å². The normalized spacial score (nSPS) is 12.7. The number of esters is 1. The van der Waals surface area contributed by atoms with E-state index in [2.05, 4.69) is 4.74 Å². The van der Waals surface area contributed by atoms with Crippen LogP contribution >= 0.6 is 0 Å². The van der Waals surface area contributed by atoms with Crippen molar-refractivity contribution in [3.63, 3.8) is 0 Å². The zero-order valence-corrected chi connectivity index (χ0v) is 5.97. The van der Waals surface area contributed by atoms with Gasteiger partial charge in [0.15, 0.2) is 6.30 Å². The lowest BCUT2D eigenvalue weighted by Crippen LogP contribution is -2.19. The van der Waals surface area contributed by atoms with Crippen LogP contribution in [0.4, 0.5) is 4.39 Å². The maximum absolute atomic E-state index is 11.9. The quantitative estimate of drug-likeness (QED) is 0.470. The molecule has 3 nitrogen and oxygen atoms in total. The summed E-state index contributed by atoms with van der Waals surface area (Å²) in [6, 6.07) is 0. The minimum Gasteiger partial charge on any atom is -0.466 e. The molecule has 60 valence electrons. The van der Waals surface area contributed by atoms with E-state index in [9.17, 15) is 9.18 Å². The van der Waals surface area contributed by atoms with E-state index in [0.717, 1.165) is 6.42 Å². The van der Waals surface area contributed by atoms with Crippen molar-refractivity contribution in [2.75, 3.05) is 6.61 Å². The summed E-state index contributed by atoms with van der Waals surface area (Å²) < 4.78 is 16.4. The van der Waals surface area contributed by atoms with Gasteiger partial charge in [0.1, 0.15) is 0 Å². The van der Waals surface area contributed by atoms with E-state index in [4.69, 9.17) is 5.73 Å². The predicted molar refractivity (Wildman–Crippen MR) is 35.0 cm³/mol. The van der Waals surface area contributed by atoms with E-state index in [1.165, 1.54) is 0 Å². The molecule has 0 aliphatic heterocycles. The number of hydrogen-bond donors (Lipinski definition) is 1. The summed E-state index contributed by atoms with van der Waals surface area (Å²) in [5.41, 5.74) is 4.70. The summed E-state index contributed by atoms with van der Waals surface area (Å²) in [6.45, 7) is 2.20. The van der Waals surface area contributed by atoms with Gasteiger partial charge in [0.2, 0.25) is 0 Å². The highest BCUT2D eigenvalue weighted by molar-refractivity contribution is 5.69. The van der Waals surface area contributed by atoms with Gasteiger partial charge < -0.3 is 10.5 Å². The molecule has 0 bridgehead atoms. The van der Waals surface area contributed by atoms with E-state index < -0.39 is 12.3 Å². The van der Waals surface area contributed by atoms with Crippen LogP contribution in [0.15, 0.2) is 0 Å². The molecule has 0 aromatic rings. The van der Waals surface area contributed by atoms with Gasteiger partial charge in [-0.15, -0.1) is 0 Å². The van der Waals surface area contributed by atoms with Crippen molar-refractivity contribution in [3.05, 3.63) is 0 Å². The maximum Gasteiger partial charge on any atom is 0.310 e. The fourth-order valence-corrected chi connectivity index (χ4v) is 0.434. The Balaban J connectivity index is 3.26. The number of alkyl halides is 1. The minimum absolute atomic E-state index is 0.339. The lowest BCUT2D eigenvalue weighted by molar-refractivity contribution is -0.144. The fraction of sp³-hybridized carbons (Fsp3) is 0.833. The molecule has 0 saturated heterocycles. The van der Waals surface area contributed by atoms with E-state index in [-0.39, 0.29) is 6.42 Å². The number of hydrogen-bond acceptors (Lipinski definition) is 3. The molecule has 0 aliphatic rings. The number of rotatable bonds is 4. The molecule has 0 amide bonds. The Morgan fingerprint density at radius 2 is 2.40 bits per heavy atom. The van der Waals surface area contributed by atoms with Gasteiger partial charge >= 0.3 is 5.97 Å². The molecule has 0 spiro atoms. The average molecular weight is 149 g/mol. The Bertz CT molecular complexity index is 106. The summed E-state index contributed by atoms with van der Waals surface area (Å²) in [4.78, 5) is 10.5. The second-order valence-corrected chi connectivity index (χ2v) is 1.94. The Kier molecular flexibility index (Phi) is 4.84. The third-order valence-corrected chi connectivity index (χ3v) is 0.829. The standard InChI is InChI=1S/C6H12FNO2/c1-2-3-10-6(9)4-5(7)8/h5H,2-4,8H2,1H3. The Hall–Kier alpha value is -0.640. The number of nitrogens with two attached hydrogens (primary N) is 1. The van der Waals surface area contributed by atoms with Gasteiger partial charge in [-0.05, 0) is 6.42 Å². The molecule has 0 aromatic heterocycles. The van der Waals surface area contributed by atoms with Crippen molar-refractivity contribution in [2.45, 2.75) is 26.1 Å². The SMILES string of the molecule is CCCOC(=O)CC(N)F. The molecule has 0 aromatic carbocycles. The van der Waals surface area contributed by atoms with Crippen molar-refractivity contribution in [3.8, 4) is 0 Å². The molecule has 0 aliphatic carbocycles. The lowest BCUT2D eigenvalue weighted by Gasteiger charge is -2.02. The summed E-state index contributed by atoms with van der Waals surface area (Å²) in [7, 11) is 0. The molecule has 1 unspecified atom stereocenters. The second-order valence-electron chi connectivity index (χ2n) is 1.94. The molecule has 10 heavy (non-hydrogen) atoms. The lowest BCUT2D eigenvalue weighted by atomic mass is 10.4. The highest BCUT2D eigenvalue weighted by Gasteiger charge is 2.07. The van der Waals surface area contributed by atoms with Crippen molar-refractivity contribution in [1.82, 2.24) is 0 Å². The summed E-state index contributed by atoms with van der Waals surface area (Å²) >= 11 is 0. The second kappa shape index (κ2) is 5.17. The van der Waals surface area contributed by atoms with Gasteiger partial charge in [0.25, 0.3) is 0 Å². The van der Waals surface area contributed by atoms with Crippen LogP contribution in [0, 0.1) is 0 Å². The number of carbonyl (C=O) groups excluding carboxylic acids is 1. The van der Waals surface area contributed by atoms with E-state index in [1.807, 2.05) is 6.92 Å². The molecule has 0 fully saturated rings. The van der Waals surface area contributed by atoms with Crippen LogP contribution < -0.4 is 5.73 Å². The molecule has 2 N–H and O–H groups in total. The molecular formula is C6H12FNO2. The van der Waals surface area contributed by atoms with Crippen LogP contribution in [0.1, 0.15) is 19.8 Å². The van der Waals surface area contributed by atoms with Crippen LogP contribution in [0.25, 0.3) is 0 Å². The summed E-state index contributed by atoms with van der Waals surface area (Å²) in [5.74, 6) is -0.572. The smallest absolute Gasteiger partial charge is 0.310 e. The summed E-state index contributed by atoms with van der Waals surface area (Å²) in [5, 5.41) is 0. The molecule has 0 rings (SSSR count). The third-order valence-electron chi connectivity index (χ3n) is 0.829. The van der Waals surface area contributed by atoms with Crippen molar-refractivity contribution >= 4 is 5.97 Å². The monoisotopic (exact) mass is 149 g/mol. The minimum atomic E-state index is -1.59. The van der Waals surface area contributed by atoms with Gasteiger partial charge in [-0.25, -0.2) is 4.39 Å². The maximum atomic E-state index is 11.9. The van der Waals surface area contributed by atoms with Gasteiger partial charge in [0, 0.05) is 0 Å². The first-order valence-electron chi connectivity index (χ1n) is 3.22. The first-order chi connectivity index (χ1) is 4.66. The Morgan fingerprint density at radius 3 is 2.80 bits per heavy atom. The van der Waals surface area contributed by atoms with Crippen LogP contribution in [-0.2, 0) is 9.53 Å². The molecule has 0 saturated carbocycles. The van der Waals surface area contributed by atoms with Gasteiger partial charge in [-0.2, -0.15) is 0 Å². The van der Waals surface area contributed by atoms with E-state index in [1.54, 1.807) is 0 Å². The zero-order chi connectivity index (χ0) is 7.98. The van der Waals surface area contributed by atoms with Crippen molar-refractivity contribution in [1.29, 1.82) is 0 Å². The van der Waals surface area contributed by atoms with Crippen molar-refractivity contribution in [2.24, 2.45) is 5.73 Å². The Labute approximate surface area is 59.3 Å².